The monoisotopic (exact) mass is 395 g/mol. The fraction of sp³-hybridized carbons (Fsp3) is 0.182. The van der Waals surface area contributed by atoms with Crippen molar-refractivity contribution in [2.45, 2.75) is 6.42 Å². The maximum Gasteiger partial charge on any atom is 0.269 e. The SMILES string of the molecule is COc1ccc(OC)c(Nc2ccnc(C(=O)NCCc3ccc(F)cc3)c2)c1. The number of nitrogens with zero attached hydrogens (tertiary/aromatic N) is 1. The third-order valence-corrected chi connectivity index (χ3v) is 4.29. The highest BCUT2D eigenvalue weighted by molar-refractivity contribution is 5.93. The van der Waals surface area contributed by atoms with Gasteiger partial charge < -0.3 is 20.1 Å². The molecule has 2 N–H and O–H groups in total. The molecule has 0 atom stereocenters. The van der Waals surface area contributed by atoms with E-state index in [1.54, 1.807) is 56.8 Å². The van der Waals surface area contributed by atoms with Gasteiger partial charge in [-0.1, -0.05) is 12.1 Å². The fourth-order valence-electron chi connectivity index (χ4n) is 2.76. The second-order valence-corrected chi connectivity index (χ2v) is 6.25. The molecule has 6 nitrogen and oxygen atoms in total. The molecule has 1 aromatic heterocycles. The zero-order valence-corrected chi connectivity index (χ0v) is 16.2. The predicted molar refractivity (Wildman–Crippen MR) is 110 cm³/mol. The number of pyridine rings is 1. The van der Waals surface area contributed by atoms with Crippen LogP contribution < -0.4 is 20.1 Å². The highest BCUT2D eigenvalue weighted by atomic mass is 19.1. The van der Waals surface area contributed by atoms with Crippen LogP contribution in [0, 0.1) is 5.82 Å². The van der Waals surface area contributed by atoms with E-state index in [-0.39, 0.29) is 17.4 Å². The lowest BCUT2D eigenvalue weighted by Crippen LogP contribution is -2.26. The largest absolute Gasteiger partial charge is 0.497 e. The van der Waals surface area contributed by atoms with Crippen molar-refractivity contribution in [2.75, 3.05) is 26.1 Å². The minimum Gasteiger partial charge on any atom is -0.497 e. The second kappa shape index (κ2) is 9.54. The predicted octanol–water partition coefficient (Wildman–Crippen LogP) is 3.95. The van der Waals surface area contributed by atoms with Gasteiger partial charge in [-0.05, 0) is 48.4 Å². The average Bonchev–Trinajstić information content (AvgIpc) is 2.75. The van der Waals surface area contributed by atoms with Crippen molar-refractivity contribution in [1.82, 2.24) is 10.3 Å². The summed E-state index contributed by atoms with van der Waals surface area (Å²) in [6.45, 7) is 0.424. The Balaban J connectivity index is 1.64. The molecular formula is C22H22FN3O3. The Morgan fingerprint density at radius 3 is 2.55 bits per heavy atom. The van der Waals surface area contributed by atoms with Crippen molar-refractivity contribution in [1.29, 1.82) is 0 Å². The lowest BCUT2D eigenvalue weighted by atomic mass is 10.1. The standard InChI is InChI=1S/C22H22FN3O3/c1-28-18-7-8-21(29-2)19(14-18)26-17-10-12-24-20(13-17)22(27)25-11-9-15-3-5-16(23)6-4-15/h3-8,10,12-14H,9,11H2,1-2H3,(H,24,26)(H,25,27). The molecule has 150 valence electrons. The van der Waals surface area contributed by atoms with Gasteiger partial charge in [0.1, 0.15) is 23.0 Å². The minimum atomic E-state index is -0.284. The molecule has 0 aliphatic heterocycles. The quantitative estimate of drug-likeness (QED) is 0.604. The molecule has 0 radical (unpaired) electrons. The molecule has 0 spiro atoms. The first-order valence-electron chi connectivity index (χ1n) is 9.07. The third kappa shape index (κ3) is 5.44. The summed E-state index contributed by atoms with van der Waals surface area (Å²) in [7, 11) is 3.17. The number of aromatic nitrogens is 1. The number of amides is 1. The highest BCUT2D eigenvalue weighted by Crippen LogP contribution is 2.31. The van der Waals surface area contributed by atoms with Crippen LogP contribution in [0.4, 0.5) is 15.8 Å². The Kier molecular flexibility index (Phi) is 6.63. The van der Waals surface area contributed by atoms with Crippen LogP contribution in [0.3, 0.4) is 0 Å². The molecule has 0 bridgehead atoms. The molecule has 0 saturated heterocycles. The van der Waals surface area contributed by atoms with E-state index >= 15 is 0 Å². The maximum absolute atomic E-state index is 12.9. The number of methoxy groups -OCH3 is 2. The molecule has 0 saturated carbocycles. The molecule has 3 aromatic rings. The van der Waals surface area contributed by atoms with E-state index < -0.39 is 0 Å². The first-order chi connectivity index (χ1) is 14.1. The van der Waals surface area contributed by atoms with E-state index in [0.717, 1.165) is 5.56 Å². The summed E-state index contributed by atoms with van der Waals surface area (Å²) in [4.78, 5) is 16.5. The van der Waals surface area contributed by atoms with Gasteiger partial charge in [-0.2, -0.15) is 0 Å². The summed E-state index contributed by atoms with van der Waals surface area (Å²) in [6.07, 6.45) is 2.16. The van der Waals surface area contributed by atoms with Gasteiger partial charge in [0, 0.05) is 24.5 Å². The molecule has 0 unspecified atom stereocenters. The van der Waals surface area contributed by atoms with Crippen LogP contribution in [-0.4, -0.2) is 31.7 Å². The number of carbonyl (C=O) groups excluding carboxylic acids is 1. The number of benzene rings is 2. The summed E-state index contributed by atoms with van der Waals surface area (Å²) in [6, 6.07) is 15.0. The summed E-state index contributed by atoms with van der Waals surface area (Å²) in [5, 5.41) is 6.05. The minimum absolute atomic E-state index is 0.279. The first kappa shape index (κ1) is 20.1. The number of nitrogens with one attached hydrogen (secondary N) is 2. The lowest BCUT2D eigenvalue weighted by Gasteiger charge is -2.13. The number of hydrogen-bond donors (Lipinski definition) is 2. The van der Waals surface area contributed by atoms with Gasteiger partial charge in [-0.25, -0.2) is 4.39 Å². The second-order valence-electron chi connectivity index (χ2n) is 6.25. The van der Waals surface area contributed by atoms with Crippen molar-refractivity contribution < 1.29 is 18.7 Å². The van der Waals surface area contributed by atoms with Crippen LogP contribution in [0.5, 0.6) is 11.5 Å². The number of rotatable bonds is 8. The lowest BCUT2D eigenvalue weighted by molar-refractivity contribution is 0.0949. The topological polar surface area (TPSA) is 72.5 Å². The van der Waals surface area contributed by atoms with Crippen molar-refractivity contribution in [3.05, 3.63) is 77.9 Å². The van der Waals surface area contributed by atoms with Crippen LogP contribution in [0.15, 0.2) is 60.8 Å². The molecule has 1 heterocycles. The number of carbonyl (C=O) groups is 1. The average molecular weight is 395 g/mol. The van der Waals surface area contributed by atoms with Gasteiger partial charge in [-0.15, -0.1) is 0 Å². The molecule has 0 aliphatic carbocycles. The Hall–Kier alpha value is -3.61. The number of hydrogen-bond acceptors (Lipinski definition) is 5. The fourth-order valence-corrected chi connectivity index (χ4v) is 2.76. The van der Waals surface area contributed by atoms with Gasteiger partial charge >= 0.3 is 0 Å². The Bertz CT molecular complexity index is 977. The van der Waals surface area contributed by atoms with E-state index in [9.17, 15) is 9.18 Å². The number of halogens is 1. The van der Waals surface area contributed by atoms with Crippen molar-refractivity contribution in [3.63, 3.8) is 0 Å². The Morgan fingerprint density at radius 2 is 1.83 bits per heavy atom. The van der Waals surface area contributed by atoms with Crippen LogP contribution in [0.2, 0.25) is 0 Å². The van der Waals surface area contributed by atoms with Gasteiger partial charge in [-0.3, -0.25) is 9.78 Å². The molecule has 29 heavy (non-hydrogen) atoms. The van der Waals surface area contributed by atoms with E-state index in [1.165, 1.54) is 12.1 Å². The Labute approximate surface area is 168 Å². The first-order valence-corrected chi connectivity index (χ1v) is 9.07. The van der Waals surface area contributed by atoms with E-state index in [0.29, 0.717) is 35.8 Å². The Morgan fingerprint density at radius 1 is 1.03 bits per heavy atom. The summed E-state index contributed by atoms with van der Waals surface area (Å²) in [5.41, 5.74) is 2.63. The molecule has 2 aromatic carbocycles. The van der Waals surface area contributed by atoms with Gasteiger partial charge in [0.2, 0.25) is 0 Å². The van der Waals surface area contributed by atoms with E-state index in [1.807, 2.05) is 6.07 Å². The van der Waals surface area contributed by atoms with Crippen LogP contribution >= 0.6 is 0 Å². The molecule has 0 fully saturated rings. The van der Waals surface area contributed by atoms with Crippen LogP contribution in [0.1, 0.15) is 16.1 Å². The smallest absolute Gasteiger partial charge is 0.269 e. The van der Waals surface area contributed by atoms with Gasteiger partial charge in [0.15, 0.2) is 0 Å². The van der Waals surface area contributed by atoms with E-state index in [4.69, 9.17) is 9.47 Å². The molecule has 7 heteroatoms. The molecule has 0 aliphatic rings. The van der Waals surface area contributed by atoms with Crippen molar-refractivity contribution in [2.24, 2.45) is 0 Å². The van der Waals surface area contributed by atoms with Crippen molar-refractivity contribution in [3.8, 4) is 11.5 Å². The highest BCUT2D eigenvalue weighted by Gasteiger charge is 2.10. The number of anilines is 2. The van der Waals surface area contributed by atoms with E-state index in [2.05, 4.69) is 15.6 Å². The zero-order chi connectivity index (χ0) is 20.6. The summed E-state index contributed by atoms with van der Waals surface area (Å²) in [5.74, 6) is 0.765. The van der Waals surface area contributed by atoms with Crippen LogP contribution in [-0.2, 0) is 6.42 Å². The van der Waals surface area contributed by atoms with Crippen LogP contribution in [0.25, 0.3) is 0 Å². The normalized spacial score (nSPS) is 10.3. The molecule has 1 amide bonds. The van der Waals surface area contributed by atoms with Crippen molar-refractivity contribution >= 4 is 17.3 Å². The molecular weight excluding hydrogens is 373 g/mol. The van der Waals surface area contributed by atoms with Gasteiger partial charge in [0.05, 0.1) is 19.9 Å². The zero-order valence-electron chi connectivity index (χ0n) is 16.2. The van der Waals surface area contributed by atoms with Gasteiger partial charge in [0.25, 0.3) is 5.91 Å². The third-order valence-electron chi connectivity index (χ3n) is 4.29. The summed E-state index contributed by atoms with van der Waals surface area (Å²) < 4.78 is 23.6. The molecule has 3 rings (SSSR count). The summed E-state index contributed by atoms with van der Waals surface area (Å²) >= 11 is 0. The number of ether oxygens (including phenoxy) is 2. The maximum atomic E-state index is 12.9.